The quantitative estimate of drug-likeness (QED) is 0.434. The number of nitrogens with two attached hydrogens (primary N) is 1. The molecule has 1 heterocycles. The summed E-state index contributed by atoms with van der Waals surface area (Å²) in [5.41, 5.74) is 10.2. The van der Waals surface area contributed by atoms with Crippen molar-refractivity contribution in [1.82, 2.24) is 4.57 Å². The molecule has 5 heteroatoms. The lowest BCUT2D eigenvalue weighted by atomic mass is 10.1. The van der Waals surface area contributed by atoms with Gasteiger partial charge in [0.1, 0.15) is 5.75 Å². The Morgan fingerprint density at radius 2 is 1.79 bits per heavy atom. The Balaban J connectivity index is 2.08. The Morgan fingerprint density at radius 3 is 2.41 bits per heavy atom. The zero-order valence-corrected chi connectivity index (χ0v) is 17.9. The van der Waals surface area contributed by atoms with E-state index in [9.17, 15) is 4.79 Å². The number of ether oxygens (including phenoxy) is 2. The molecule has 3 aromatic rings. The minimum atomic E-state index is -1.05. The predicted octanol–water partition coefficient (Wildman–Crippen LogP) is 5.33. The number of aromatic nitrogens is 1. The molecule has 1 aromatic heterocycles. The number of anilines is 1. The van der Waals surface area contributed by atoms with Gasteiger partial charge in [0, 0.05) is 23.1 Å². The zero-order chi connectivity index (χ0) is 21.2. The summed E-state index contributed by atoms with van der Waals surface area (Å²) < 4.78 is 13.5. The Kier molecular flexibility index (Phi) is 5.87. The van der Waals surface area contributed by atoms with Gasteiger partial charge < -0.3 is 19.8 Å². The maximum Gasteiger partial charge on any atom is 0.349 e. The van der Waals surface area contributed by atoms with Crippen molar-refractivity contribution in [2.45, 2.75) is 53.2 Å². The molecule has 3 rings (SSSR count). The summed E-state index contributed by atoms with van der Waals surface area (Å²) in [5.74, 6) is 0.277. The van der Waals surface area contributed by atoms with Crippen molar-refractivity contribution in [3.05, 3.63) is 48.0 Å². The van der Waals surface area contributed by atoms with Gasteiger partial charge in [0.2, 0.25) is 0 Å². The second kappa shape index (κ2) is 8.19. The summed E-state index contributed by atoms with van der Waals surface area (Å²) in [5, 5.41) is 1.11. The van der Waals surface area contributed by atoms with E-state index in [4.69, 9.17) is 15.2 Å². The fourth-order valence-electron chi connectivity index (χ4n) is 3.68. The molecule has 0 spiro atoms. The number of aryl methyl sites for hydroxylation is 2. The molecule has 0 aliphatic rings. The van der Waals surface area contributed by atoms with Crippen molar-refractivity contribution in [3.63, 3.8) is 0 Å². The number of benzene rings is 2. The van der Waals surface area contributed by atoms with Crippen LogP contribution in [0.4, 0.5) is 5.69 Å². The van der Waals surface area contributed by atoms with Gasteiger partial charge in [-0.15, -0.1) is 0 Å². The molecule has 2 aromatic carbocycles. The lowest BCUT2D eigenvalue weighted by Gasteiger charge is -2.24. The third-order valence-corrected chi connectivity index (χ3v) is 5.06. The number of nitrogens with zero attached hydrogens (tertiary/aromatic N) is 1. The first-order chi connectivity index (χ1) is 13.8. The number of nitrogen functional groups attached to an aromatic ring is 1. The highest BCUT2D eigenvalue weighted by Crippen LogP contribution is 2.36. The van der Waals surface area contributed by atoms with Crippen LogP contribution in [0, 0.1) is 6.92 Å². The fraction of sp³-hybridized carbons (Fsp3) is 0.375. The van der Waals surface area contributed by atoms with E-state index in [1.54, 1.807) is 20.8 Å². The van der Waals surface area contributed by atoms with Crippen LogP contribution in [0.2, 0.25) is 0 Å². The van der Waals surface area contributed by atoms with Crippen molar-refractivity contribution in [1.29, 1.82) is 0 Å². The summed E-state index contributed by atoms with van der Waals surface area (Å²) in [6.07, 6.45) is 1.03. The predicted molar refractivity (Wildman–Crippen MR) is 118 cm³/mol. The summed E-state index contributed by atoms with van der Waals surface area (Å²) in [6, 6.07) is 14.0. The first kappa shape index (κ1) is 20.8. The summed E-state index contributed by atoms with van der Waals surface area (Å²) >= 11 is 0. The van der Waals surface area contributed by atoms with Crippen molar-refractivity contribution in [2.24, 2.45) is 0 Å². The maximum absolute atomic E-state index is 12.2. The molecule has 0 radical (unpaired) electrons. The van der Waals surface area contributed by atoms with Gasteiger partial charge in [0.15, 0.2) is 5.60 Å². The van der Waals surface area contributed by atoms with Crippen molar-refractivity contribution >= 4 is 22.6 Å². The molecule has 0 saturated heterocycles. The van der Waals surface area contributed by atoms with Crippen LogP contribution in [0.5, 0.6) is 5.75 Å². The molecule has 0 aliphatic carbocycles. The smallest absolute Gasteiger partial charge is 0.349 e. The molecule has 0 aliphatic heterocycles. The molecular weight excluding hydrogens is 364 g/mol. The van der Waals surface area contributed by atoms with Crippen molar-refractivity contribution in [2.75, 3.05) is 12.3 Å². The number of rotatable bonds is 7. The van der Waals surface area contributed by atoms with Gasteiger partial charge in [0.25, 0.3) is 0 Å². The molecule has 0 unspecified atom stereocenters. The Bertz CT molecular complexity index is 1020. The Morgan fingerprint density at radius 1 is 1.10 bits per heavy atom. The van der Waals surface area contributed by atoms with Gasteiger partial charge in [-0.1, -0.05) is 19.1 Å². The average Bonchev–Trinajstić information content (AvgIpc) is 2.94. The molecule has 0 fully saturated rings. The number of carbonyl (C=O) groups excluding carboxylic acids is 1. The van der Waals surface area contributed by atoms with Gasteiger partial charge in [-0.3, -0.25) is 0 Å². The van der Waals surface area contributed by atoms with Gasteiger partial charge in [0.05, 0.1) is 12.3 Å². The molecule has 5 nitrogen and oxygen atoms in total. The van der Waals surface area contributed by atoms with Crippen LogP contribution in [0.15, 0.2) is 42.5 Å². The molecular formula is C24H30N2O3. The van der Waals surface area contributed by atoms with Gasteiger partial charge in [-0.05, 0) is 75.6 Å². The number of esters is 1. The summed E-state index contributed by atoms with van der Waals surface area (Å²) in [6.45, 7) is 10.8. The highest BCUT2D eigenvalue weighted by molar-refractivity contribution is 5.92. The highest BCUT2D eigenvalue weighted by Gasteiger charge is 2.31. The summed E-state index contributed by atoms with van der Waals surface area (Å²) in [7, 11) is 0. The normalized spacial score (nSPS) is 11.6. The van der Waals surface area contributed by atoms with E-state index in [0.29, 0.717) is 12.4 Å². The van der Waals surface area contributed by atoms with E-state index in [1.807, 2.05) is 24.3 Å². The monoisotopic (exact) mass is 394 g/mol. The van der Waals surface area contributed by atoms with Crippen LogP contribution < -0.4 is 10.5 Å². The van der Waals surface area contributed by atoms with Crippen LogP contribution in [-0.2, 0) is 16.1 Å². The van der Waals surface area contributed by atoms with E-state index in [0.717, 1.165) is 35.1 Å². The molecule has 0 saturated carbocycles. The molecule has 2 N–H and O–H groups in total. The van der Waals surface area contributed by atoms with Crippen molar-refractivity contribution < 1.29 is 14.3 Å². The number of fused-ring (bicyclic) bond motifs is 1. The number of hydrogen-bond acceptors (Lipinski definition) is 4. The van der Waals surface area contributed by atoms with Crippen LogP contribution >= 0.6 is 0 Å². The SMILES string of the molecule is CCCn1c(-c2ccc(N)cc2)c(C)c2cc(OC(C)(C)C(=O)OCC)ccc21. The van der Waals surface area contributed by atoms with E-state index >= 15 is 0 Å². The highest BCUT2D eigenvalue weighted by atomic mass is 16.6. The molecule has 29 heavy (non-hydrogen) atoms. The van der Waals surface area contributed by atoms with E-state index in [-0.39, 0.29) is 5.97 Å². The van der Waals surface area contributed by atoms with Crippen LogP contribution in [0.25, 0.3) is 22.2 Å². The Labute approximate surface area is 172 Å². The lowest BCUT2D eigenvalue weighted by Crippen LogP contribution is -2.39. The van der Waals surface area contributed by atoms with E-state index < -0.39 is 5.60 Å². The minimum absolute atomic E-state index is 0.328. The maximum atomic E-state index is 12.2. The largest absolute Gasteiger partial charge is 0.476 e. The molecule has 154 valence electrons. The third-order valence-electron chi connectivity index (χ3n) is 5.06. The standard InChI is InChI=1S/C24H30N2O3/c1-6-14-26-21-13-12-19(29-24(4,5)23(27)28-7-2)15-20(21)16(3)22(26)17-8-10-18(25)11-9-17/h8-13,15H,6-7,14,25H2,1-5H3. The van der Waals surface area contributed by atoms with E-state index in [2.05, 4.69) is 36.6 Å². The van der Waals surface area contributed by atoms with Gasteiger partial charge in [-0.2, -0.15) is 0 Å². The van der Waals surface area contributed by atoms with Crippen molar-refractivity contribution in [3.8, 4) is 17.0 Å². The lowest BCUT2D eigenvalue weighted by molar-refractivity contribution is -0.158. The number of carbonyl (C=O) groups is 1. The minimum Gasteiger partial charge on any atom is -0.476 e. The molecule has 0 bridgehead atoms. The van der Waals surface area contributed by atoms with E-state index in [1.165, 1.54) is 11.3 Å². The Hall–Kier alpha value is -2.95. The topological polar surface area (TPSA) is 66.5 Å². The average molecular weight is 395 g/mol. The van der Waals surface area contributed by atoms with Gasteiger partial charge >= 0.3 is 5.97 Å². The molecule has 0 amide bonds. The van der Waals surface area contributed by atoms with Crippen LogP contribution in [-0.4, -0.2) is 22.7 Å². The van der Waals surface area contributed by atoms with Crippen LogP contribution in [0.3, 0.4) is 0 Å². The second-order valence-corrected chi connectivity index (χ2v) is 7.76. The summed E-state index contributed by atoms with van der Waals surface area (Å²) in [4.78, 5) is 12.2. The first-order valence-corrected chi connectivity index (χ1v) is 10.1. The number of hydrogen-bond donors (Lipinski definition) is 1. The molecule has 0 atom stereocenters. The third kappa shape index (κ3) is 4.09. The zero-order valence-electron chi connectivity index (χ0n) is 17.9. The second-order valence-electron chi connectivity index (χ2n) is 7.76. The fourth-order valence-corrected chi connectivity index (χ4v) is 3.68. The van der Waals surface area contributed by atoms with Gasteiger partial charge in [-0.25, -0.2) is 4.79 Å². The first-order valence-electron chi connectivity index (χ1n) is 10.1. The van der Waals surface area contributed by atoms with Crippen LogP contribution in [0.1, 0.15) is 39.7 Å².